The first-order chi connectivity index (χ1) is 17.1. The van der Waals surface area contributed by atoms with Crippen molar-refractivity contribution in [1.82, 2.24) is 19.6 Å². The van der Waals surface area contributed by atoms with Crippen LogP contribution in [0.5, 0.6) is 0 Å². The molecule has 0 aliphatic carbocycles. The number of hydrazone groups is 1. The molecule has 2 aliphatic heterocycles. The molecule has 1 saturated heterocycles. The molecule has 0 spiro atoms. The van der Waals surface area contributed by atoms with E-state index in [2.05, 4.69) is 20.5 Å². The van der Waals surface area contributed by atoms with Crippen LogP contribution in [0.25, 0.3) is 5.65 Å². The summed E-state index contributed by atoms with van der Waals surface area (Å²) >= 11 is 0. The monoisotopic (exact) mass is 484 g/mol. The molecule has 2 aromatic rings. The van der Waals surface area contributed by atoms with Gasteiger partial charge in [-0.1, -0.05) is 0 Å². The molecule has 2 aliphatic rings. The molecule has 0 amide bonds. The van der Waals surface area contributed by atoms with Crippen molar-refractivity contribution in [2.45, 2.75) is 44.2 Å². The van der Waals surface area contributed by atoms with E-state index in [0.717, 1.165) is 55.6 Å². The zero-order chi connectivity index (χ0) is 24.6. The predicted molar refractivity (Wildman–Crippen MR) is 133 cm³/mol. The molecule has 4 rings (SSSR count). The van der Waals surface area contributed by atoms with Crippen LogP contribution in [0.15, 0.2) is 59.5 Å². The van der Waals surface area contributed by atoms with Gasteiger partial charge < -0.3 is 19.9 Å². The molecule has 4 heterocycles. The second-order valence-electron chi connectivity index (χ2n) is 8.74. The summed E-state index contributed by atoms with van der Waals surface area (Å²) in [5, 5.41) is 23.5. The largest absolute Gasteiger partial charge is 0.516 e. The minimum absolute atomic E-state index is 0.117. The molecule has 0 aromatic carbocycles. The maximum Gasteiger partial charge on any atom is 0.161 e. The van der Waals surface area contributed by atoms with Gasteiger partial charge in [0.15, 0.2) is 5.65 Å². The Balaban J connectivity index is 1.49. The van der Waals surface area contributed by atoms with Crippen molar-refractivity contribution in [1.29, 1.82) is 0 Å². The molecule has 35 heavy (non-hydrogen) atoms. The zero-order valence-electron chi connectivity index (χ0n) is 20.2. The third kappa shape index (κ3) is 6.26. The fourth-order valence-corrected chi connectivity index (χ4v) is 4.40. The Bertz CT molecular complexity index is 1110. The van der Waals surface area contributed by atoms with Crippen LogP contribution in [0.3, 0.4) is 0 Å². The molecule has 9 nitrogen and oxygen atoms in total. The van der Waals surface area contributed by atoms with Gasteiger partial charge in [-0.25, -0.2) is 13.9 Å². The SMILES string of the molecule is COCC\C(=C/C(F)=C\C=C\O)C(C)Nc1ccn2ncc(C3C=NN(C4CCOCC4)C3)c2n1. The minimum Gasteiger partial charge on any atom is -0.516 e. The highest BCUT2D eigenvalue weighted by atomic mass is 19.1. The van der Waals surface area contributed by atoms with Crippen molar-refractivity contribution in [2.24, 2.45) is 5.10 Å². The van der Waals surface area contributed by atoms with E-state index in [9.17, 15) is 4.39 Å². The normalized spacial score (nSPS) is 20.9. The van der Waals surface area contributed by atoms with E-state index in [4.69, 9.17) is 19.6 Å². The van der Waals surface area contributed by atoms with Gasteiger partial charge >= 0.3 is 0 Å². The van der Waals surface area contributed by atoms with Gasteiger partial charge in [-0.15, -0.1) is 0 Å². The van der Waals surface area contributed by atoms with E-state index < -0.39 is 5.83 Å². The van der Waals surface area contributed by atoms with E-state index in [-0.39, 0.29) is 12.0 Å². The lowest BCUT2D eigenvalue weighted by Gasteiger charge is -2.30. The Kier molecular flexibility index (Phi) is 8.49. The maximum atomic E-state index is 14.2. The molecule has 2 aromatic heterocycles. The average Bonchev–Trinajstić information content (AvgIpc) is 3.53. The molecule has 1 fully saturated rings. The number of nitrogens with one attached hydrogen (secondary N) is 1. The van der Waals surface area contributed by atoms with Crippen LogP contribution in [0.2, 0.25) is 0 Å². The molecule has 10 heteroatoms. The molecule has 0 radical (unpaired) electrons. The van der Waals surface area contributed by atoms with Gasteiger partial charge in [0.1, 0.15) is 11.6 Å². The number of halogens is 1. The number of aromatic nitrogens is 3. The van der Waals surface area contributed by atoms with Gasteiger partial charge in [0.05, 0.1) is 18.5 Å². The van der Waals surface area contributed by atoms with Crippen LogP contribution in [0.4, 0.5) is 10.2 Å². The van der Waals surface area contributed by atoms with Gasteiger partial charge in [0.25, 0.3) is 0 Å². The van der Waals surface area contributed by atoms with Crippen molar-refractivity contribution in [3.05, 3.63) is 59.9 Å². The Morgan fingerprint density at radius 3 is 3.00 bits per heavy atom. The maximum absolute atomic E-state index is 14.2. The zero-order valence-corrected chi connectivity index (χ0v) is 20.2. The standard InChI is InChI=1S/C25H33FN6O3/c1-18(19(6-11-34-2)14-21(26)4-3-10-33)29-24-5-9-31-25(30-24)23(16-28-31)20-15-27-32(17-20)22-7-12-35-13-8-22/h3-5,9-10,14-16,18,20,22,33H,6-8,11-13,17H2,1-2H3,(H,29,30)/b10-3+,19-14+,21-4+. The number of ether oxygens (including phenoxy) is 2. The average molecular weight is 485 g/mol. The third-order valence-electron chi connectivity index (χ3n) is 6.37. The topological polar surface area (TPSA) is 96.5 Å². The lowest BCUT2D eigenvalue weighted by molar-refractivity contribution is 0.0381. The van der Waals surface area contributed by atoms with Crippen LogP contribution >= 0.6 is 0 Å². The first-order valence-corrected chi connectivity index (χ1v) is 11.9. The van der Waals surface area contributed by atoms with Crippen LogP contribution in [-0.4, -0.2) is 76.5 Å². The van der Waals surface area contributed by atoms with E-state index in [0.29, 0.717) is 24.9 Å². The number of allylic oxidation sites excluding steroid dienone is 4. The highest BCUT2D eigenvalue weighted by molar-refractivity contribution is 5.74. The third-order valence-corrected chi connectivity index (χ3v) is 6.37. The summed E-state index contributed by atoms with van der Waals surface area (Å²) < 4.78 is 26.7. The number of fused-ring (bicyclic) bond motifs is 1. The van der Waals surface area contributed by atoms with E-state index in [1.807, 2.05) is 31.6 Å². The molecule has 2 N–H and O–H groups in total. The second-order valence-corrected chi connectivity index (χ2v) is 8.74. The number of anilines is 1. The first kappa shape index (κ1) is 24.9. The van der Waals surface area contributed by atoms with Gasteiger partial charge in [-0.3, -0.25) is 5.01 Å². The number of hydrogen-bond acceptors (Lipinski definition) is 8. The molecule has 188 valence electrons. The van der Waals surface area contributed by atoms with Crippen molar-refractivity contribution < 1.29 is 19.0 Å². The van der Waals surface area contributed by atoms with E-state index >= 15 is 0 Å². The van der Waals surface area contributed by atoms with Gasteiger partial charge in [0, 0.05) is 63.4 Å². The summed E-state index contributed by atoms with van der Waals surface area (Å²) in [5.74, 6) is 0.337. The second kappa shape index (κ2) is 11.9. The van der Waals surface area contributed by atoms with Crippen LogP contribution in [0.1, 0.15) is 37.7 Å². The molecule has 2 unspecified atom stereocenters. The van der Waals surface area contributed by atoms with E-state index in [1.54, 1.807) is 11.6 Å². The molecule has 0 bridgehead atoms. The van der Waals surface area contributed by atoms with Gasteiger partial charge in [-0.05, 0) is 56.1 Å². The molecular formula is C25H33FN6O3. The Labute approximate surface area is 204 Å². The summed E-state index contributed by atoms with van der Waals surface area (Å²) in [7, 11) is 1.61. The number of aliphatic hydroxyl groups is 1. The summed E-state index contributed by atoms with van der Waals surface area (Å²) in [5.41, 5.74) is 2.62. The van der Waals surface area contributed by atoms with Crippen LogP contribution in [-0.2, 0) is 9.47 Å². The molecular weight excluding hydrogens is 451 g/mol. The molecule has 2 atom stereocenters. The summed E-state index contributed by atoms with van der Waals surface area (Å²) in [6, 6.07) is 2.07. The quantitative estimate of drug-likeness (QED) is 0.389. The van der Waals surface area contributed by atoms with Crippen molar-refractivity contribution >= 4 is 17.7 Å². The van der Waals surface area contributed by atoms with Crippen molar-refractivity contribution in [2.75, 3.05) is 38.8 Å². The van der Waals surface area contributed by atoms with Gasteiger partial charge in [-0.2, -0.15) is 10.2 Å². The van der Waals surface area contributed by atoms with Gasteiger partial charge in [0.2, 0.25) is 0 Å². The first-order valence-electron chi connectivity index (χ1n) is 11.9. The lowest BCUT2D eigenvalue weighted by Crippen LogP contribution is -2.35. The lowest BCUT2D eigenvalue weighted by atomic mass is 10.0. The smallest absolute Gasteiger partial charge is 0.161 e. The fraction of sp³-hybridized carbons (Fsp3) is 0.480. The summed E-state index contributed by atoms with van der Waals surface area (Å²) in [6.07, 6.45) is 12.9. The minimum atomic E-state index is -0.453. The number of rotatable bonds is 10. The Hall–Kier alpha value is -3.24. The molecule has 0 saturated carbocycles. The van der Waals surface area contributed by atoms with Crippen molar-refractivity contribution in [3.8, 4) is 0 Å². The summed E-state index contributed by atoms with van der Waals surface area (Å²) in [4.78, 5) is 4.83. The Morgan fingerprint density at radius 2 is 2.23 bits per heavy atom. The highest BCUT2D eigenvalue weighted by Gasteiger charge is 2.29. The Morgan fingerprint density at radius 1 is 1.40 bits per heavy atom. The van der Waals surface area contributed by atoms with Crippen LogP contribution in [0, 0.1) is 0 Å². The van der Waals surface area contributed by atoms with Crippen LogP contribution < -0.4 is 5.32 Å². The predicted octanol–water partition coefficient (Wildman–Crippen LogP) is 3.98. The summed E-state index contributed by atoms with van der Waals surface area (Å²) in [6.45, 7) is 4.79. The number of methoxy groups -OCH3 is 1. The number of hydrogen-bond donors (Lipinski definition) is 2. The highest BCUT2D eigenvalue weighted by Crippen LogP contribution is 2.28. The van der Waals surface area contributed by atoms with E-state index in [1.165, 1.54) is 18.2 Å². The number of nitrogens with zero attached hydrogens (tertiary/aromatic N) is 5. The van der Waals surface area contributed by atoms with Crippen molar-refractivity contribution in [3.63, 3.8) is 0 Å². The number of aliphatic hydroxyl groups excluding tert-OH is 1. The fourth-order valence-electron chi connectivity index (χ4n) is 4.40.